The molecule has 0 aliphatic rings. The Morgan fingerprint density at radius 3 is 2.45 bits per heavy atom. The molecule has 3 aromatic heterocycles. The summed E-state index contributed by atoms with van der Waals surface area (Å²) in [7, 11) is 0. The summed E-state index contributed by atoms with van der Waals surface area (Å²) < 4.78 is 20.5. The van der Waals surface area contributed by atoms with Crippen LogP contribution in [-0.2, 0) is 6.54 Å². The van der Waals surface area contributed by atoms with Crippen LogP contribution in [0.2, 0.25) is 0 Å². The van der Waals surface area contributed by atoms with Gasteiger partial charge in [-0.3, -0.25) is 14.3 Å². The zero-order chi connectivity index (χ0) is 22.4. The van der Waals surface area contributed by atoms with Gasteiger partial charge in [-0.2, -0.15) is 5.10 Å². The Balaban J connectivity index is 2.02. The number of aryl methyl sites for hydroxylation is 2. The number of aromatic nitrogens is 4. The maximum absolute atomic E-state index is 13.8. The van der Waals surface area contributed by atoms with E-state index in [1.807, 2.05) is 0 Å². The molecule has 9 nitrogen and oxygen atoms in total. The molecule has 0 aliphatic carbocycles. The molecule has 0 unspecified atom stereocenters. The molecule has 158 valence electrons. The van der Waals surface area contributed by atoms with E-state index >= 15 is 0 Å². The molecule has 0 aliphatic heterocycles. The van der Waals surface area contributed by atoms with Crippen LogP contribution in [-0.4, -0.2) is 31.7 Å². The van der Waals surface area contributed by atoms with Gasteiger partial charge in [0.2, 0.25) is 5.91 Å². The Morgan fingerprint density at radius 1 is 1.10 bits per heavy atom. The molecular formula is C21H19FN6O3. The normalized spacial score (nSPS) is 11.2. The number of carbonyl (C=O) groups is 2. The molecule has 31 heavy (non-hydrogen) atoms. The van der Waals surface area contributed by atoms with Gasteiger partial charge in [-0.1, -0.05) is 5.16 Å². The molecule has 0 fully saturated rings. The minimum Gasteiger partial charge on any atom is -0.366 e. The third-order valence-electron chi connectivity index (χ3n) is 5.05. The van der Waals surface area contributed by atoms with Crippen molar-refractivity contribution in [2.24, 2.45) is 11.5 Å². The third kappa shape index (κ3) is 3.41. The Bertz CT molecular complexity index is 1370. The first-order chi connectivity index (χ1) is 14.7. The highest BCUT2D eigenvalue weighted by Gasteiger charge is 2.28. The van der Waals surface area contributed by atoms with Crippen molar-refractivity contribution < 1.29 is 18.5 Å². The van der Waals surface area contributed by atoms with Crippen molar-refractivity contribution in [3.8, 4) is 11.1 Å². The van der Waals surface area contributed by atoms with Crippen molar-refractivity contribution in [2.45, 2.75) is 27.3 Å². The number of hydrogen-bond donors (Lipinski definition) is 2. The van der Waals surface area contributed by atoms with Gasteiger partial charge in [0.1, 0.15) is 23.0 Å². The van der Waals surface area contributed by atoms with Crippen molar-refractivity contribution >= 4 is 22.7 Å². The summed E-state index contributed by atoms with van der Waals surface area (Å²) >= 11 is 0. The molecule has 0 saturated heterocycles. The molecule has 0 bridgehead atoms. The Kier molecular flexibility index (Phi) is 4.77. The number of nitrogens with two attached hydrogens (primary N) is 2. The first-order valence-electron chi connectivity index (χ1n) is 9.36. The highest BCUT2D eigenvalue weighted by molar-refractivity contribution is 6.15. The number of carbonyl (C=O) groups excluding carboxylic acids is 2. The van der Waals surface area contributed by atoms with E-state index in [0.29, 0.717) is 40.3 Å². The molecule has 0 saturated carbocycles. The molecule has 0 atom stereocenters. The van der Waals surface area contributed by atoms with Crippen LogP contribution in [0.3, 0.4) is 0 Å². The van der Waals surface area contributed by atoms with E-state index in [9.17, 15) is 14.0 Å². The van der Waals surface area contributed by atoms with E-state index in [0.717, 1.165) is 6.07 Å². The van der Waals surface area contributed by atoms with Crippen molar-refractivity contribution in [3.05, 3.63) is 64.2 Å². The van der Waals surface area contributed by atoms with Gasteiger partial charge < -0.3 is 16.0 Å². The van der Waals surface area contributed by atoms with Crippen molar-refractivity contribution in [1.29, 1.82) is 0 Å². The van der Waals surface area contributed by atoms with E-state index in [-0.39, 0.29) is 22.3 Å². The maximum Gasteiger partial charge on any atom is 0.267 e. The SMILES string of the molecule is Cc1cc(Cn2nc(C)c(-c3c(C(N)=O)nc4cc(F)ccc4c3C(N)=O)c2C)no1. The van der Waals surface area contributed by atoms with Crippen molar-refractivity contribution in [1.82, 2.24) is 19.9 Å². The van der Waals surface area contributed by atoms with Crippen LogP contribution in [0.25, 0.3) is 22.0 Å². The van der Waals surface area contributed by atoms with Crippen molar-refractivity contribution in [3.63, 3.8) is 0 Å². The standard InChI is InChI=1S/C21H19FN6O3/c1-9-6-13(27-31-9)8-28-11(3)16(10(2)26-28)18-17(20(23)29)14-5-4-12(22)7-15(14)25-19(18)21(24)30/h4-7H,8H2,1-3H3,(H2,23,29)(H2,24,30). The fraction of sp³-hybridized carbons (Fsp3) is 0.190. The van der Waals surface area contributed by atoms with E-state index in [1.54, 1.807) is 31.5 Å². The van der Waals surface area contributed by atoms with E-state index < -0.39 is 17.6 Å². The number of nitrogens with zero attached hydrogens (tertiary/aromatic N) is 4. The second-order valence-electron chi connectivity index (χ2n) is 7.23. The van der Waals surface area contributed by atoms with Gasteiger partial charge in [-0.05, 0) is 32.9 Å². The molecule has 10 heteroatoms. The summed E-state index contributed by atoms with van der Waals surface area (Å²) in [4.78, 5) is 29.0. The van der Waals surface area contributed by atoms with Gasteiger partial charge in [-0.25, -0.2) is 9.37 Å². The smallest absolute Gasteiger partial charge is 0.267 e. The third-order valence-corrected chi connectivity index (χ3v) is 5.05. The zero-order valence-corrected chi connectivity index (χ0v) is 17.1. The van der Waals surface area contributed by atoms with Gasteiger partial charge in [0.15, 0.2) is 0 Å². The fourth-order valence-electron chi connectivity index (χ4n) is 3.77. The Labute approximate surface area is 175 Å². The molecule has 1 aromatic carbocycles. The number of pyridine rings is 1. The maximum atomic E-state index is 13.8. The van der Waals surface area contributed by atoms with Crippen LogP contribution >= 0.6 is 0 Å². The second-order valence-corrected chi connectivity index (χ2v) is 7.23. The van der Waals surface area contributed by atoms with Gasteiger partial charge in [0.25, 0.3) is 5.91 Å². The van der Waals surface area contributed by atoms with Crippen molar-refractivity contribution in [2.75, 3.05) is 0 Å². The summed E-state index contributed by atoms with van der Waals surface area (Å²) in [6.45, 7) is 5.61. The summed E-state index contributed by atoms with van der Waals surface area (Å²) in [6.07, 6.45) is 0. The predicted octanol–water partition coefficient (Wildman–Crippen LogP) is 2.40. The highest BCUT2D eigenvalue weighted by atomic mass is 19.1. The minimum absolute atomic E-state index is 0.0295. The number of hydrogen-bond acceptors (Lipinski definition) is 6. The van der Waals surface area contributed by atoms with Crippen LogP contribution in [0.4, 0.5) is 4.39 Å². The molecule has 0 radical (unpaired) electrons. The van der Waals surface area contributed by atoms with E-state index in [2.05, 4.69) is 15.2 Å². The first-order valence-corrected chi connectivity index (χ1v) is 9.36. The van der Waals surface area contributed by atoms with Gasteiger partial charge in [-0.15, -0.1) is 0 Å². The average Bonchev–Trinajstić information content (AvgIpc) is 3.22. The van der Waals surface area contributed by atoms with Crippen LogP contribution in [0, 0.1) is 26.6 Å². The minimum atomic E-state index is -0.873. The monoisotopic (exact) mass is 422 g/mol. The predicted molar refractivity (Wildman–Crippen MR) is 110 cm³/mol. The number of fused-ring (bicyclic) bond motifs is 1. The van der Waals surface area contributed by atoms with Crippen LogP contribution < -0.4 is 11.5 Å². The molecule has 0 spiro atoms. The van der Waals surface area contributed by atoms with Crippen LogP contribution in [0.1, 0.15) is 43.7 Å². The van der Waals surface area contributed by atoms with E-state index in [4.69, 9.17) is 16.0 Å². The van der Waals surface area contributed by atoms with Crippen LogP contribution in [0.5, 0.6) is 0 Å². The number of benzene rings is 1. The molecular weight excluding hydrogens is 403 g/mol. The van der Waals surface area contributed by atoms with Crippen LogP contribution in [0.15, 0.2) is 28.8 Å². The van der Waals surface area contributed by atoms with Gasteiger partial charge >= 0.3 is 0 Å². The molecule has 2 amide bonds. The molecule has 4 rings (SSSR count). The lowest BCUT2D eigenvalue weighted by Crippen LogP contribution is -2.21. The lowest BCUT2D eigenvalue weighted by atomic mass is 9.92. The highest BCUT2D eigenvalue weighted by Crippen LogP contribution is 2.36. The number of halogens is 1. The Morgan fingerprint density at radius 2 is 1.84 bits per heavy atom. The average molecular weight is 422 g/mol. The summed E-state index contributed by atoms with van der Waals surface area (Å²) in [6, 6.07) is 5.50. The number of rotatable bonds is 5. The van der Waals surface area contributed by atoms with E-state index in [1.165, 1.54) is 12.1 Å². The molecule has 3 heterocycles. The number of amides is 2. The second kappa shape index (κ2) is 7.31. The molecule has 4 N–H and O–H groups in total. The summed E-state index contributed by atoms with van der Waals surface area (Å²) in [5.74, 6) is -1.58. The number of primary amides is 2. The Hall–Kier alpha value is -4.08. The summed E-state index contributed by atoms with van der Waals surface area (Å²) in [5, 5.41) is 8.81. The van der Waals surface area contributed by atoms with Gasteiger partial charge in [0, 0.05) is 34.3 Å². The zero-order valence-electron chi connectivity index (χ0n) is 17.1. The van der Waals surface area contributed by atoms with Gasteiger partial charge in [0.05, 0.1) is 23.3 Å². The topological polar surface area (TPSA) is 143 Å². The summed E-state index contributed by atoms with van der Waals surface area (Å²) in [5.41, 5.74) is 13.7. The quantitative estimate of drug-likeness (QED) is 0.505. The fourth-order valence-corrected chi connectivity index (χ4v) is 3.77. The lowest BCUT2D eigenvalue weighted by molar-refractivity contribution is 0.0996. The molecule has 4 aromatic rings. The first kappa shape index (κ1) is 20.2. The lowest BCUT2D eigenvalue weighted by Gasteiger charge is -2.14. The largest absolute Gasteiger partial charge is 0.366 e.